The summed E-state index contributed by atoms with van der Waals surface area (Å²) in [6.45, 7) is 3.74. The van der Waals surface area contributed by atoms with Crippen molar-refractivity contribution in [3.8, 4) is 34.2 Å². The van der Waals surface area contributed by atoms with Gasteiger partial charge in [0, 0.05) is 34.3 Å². The molecule has 0 bridgehead atoms. The second kappa shape index (κ2) is 9.48. The molecule has 0 aliphatic rings. The Bertz CT molecular complexity index is 1660. The van der Waals surface area contributed by atoms with Crippen LogP contribution in [-0.2, 0) is 0 Å². The molecule has 10 heteroatoms. The summed E-state index contributed by atoms with van der Waals surface area (Å²) in [6.07, 6.45) is 4.80. The number of fused-ring (bicyclic) bond motifs is 1. The summed E-state index contributed by atoms with van der Waals surface area (Å²) < 4.78 is 5.49. The van der Waals surface area contributed by atoms with Crippen LogP contribution in [0.4, 0.5) is 5.13 Å². The molecule has 0 unspecified atom stereocenters. The second-order valence-corrected chi connectivity index (χ2v) is 8.92. The van der Waals surface area contributed by atoms with Crippen molar-refractivity contribution in [1.29, 1.82) is 5.26 Å². The molecular formula is C26H19N7O2S. The number of benzene rings is 1. The molecule has 4 heterocycles. The van der Waals surface area contributed by atoms with Crippen LogP contribution < -0.4 is 10.1 Å². The van der Waals surface area contributed by atoms with E-state index >= 15 is 0 Å². The molecule has 36 heavy (non-hydrogen) atoms. The zero-order chi connectivity index (χ0) is 25.2. The fraction of sp³-hybridized carbons (Fsp3) is 0.115. The highest BCUT2D eigenvalue weighted by atomic mass is 32.1. The van der Waals surface area contributed by atoms with Crippen molar-refractivity contribution in [1.82, 2.24) is 24.9 Å². The fourth-order valence-corrected chi connectivity index (χ4v) is 4.47. The number of hydrogen-bond donors (Lipinski definition) is 1. The van der Waals surface area contributed by atoms with E-state index < -0.39 is 0 Å². The van der Waals surface area contributed by atoms with Crippen molar-refractivity contribution in [3.05, 3.63) is 77.5 Å². The molecule has 176 valence electrons. The lowest BCUT2D eigenvalue weighted by Gasteiger charge is -2.13. The number of pyridine rings is 2. The van der Waals surface area contributed by atoms with Crippen molar-refractivity contribution < 1.29 is 9.53 Å². The molecule has 5 rings (SSSR count). The first-order valence-corrected chi connectivity index (χ1v) is 11.7. The average molecular weight is 494 g/mol. The number of amides is 1. The van der Waals surface area contributed by atoms with Crippen LogP contribution in [0.15, 0.2) is 55.0 Å². The van der Waals surface area contributed by atoms with E-state index in [-0.39, 0.29) is 5.91 Å². The fourth-order valence-electron chi connectivity index (χ4n) is 3.68. The Morgan fingerprint density at radius 2 is 1.69 bits per heavy atom. The number of hydrogen-bond acceptors (Lipinski definition) is 9. The van der Waals surface area contributed by atoms with Crippen LogP contribution in [0.1, 0.15) is 27.3 Å². The molecule has 0 radical (unpaired) electrons. The summed E-state index contributed by atoms with van der Waals surface area (Å²) in [4.78, 5) is 36.0. The summed E-state index contributed by atoms with van der Waals surface area (Å²) in [6, 6.07) is 12.9. The van der Waals surface area contributed by atoms with Gasteiger partial charge in [0.2, 0.25) is 0 Å². The Balaban J connectivity index is 1.47. The van der Waals surface area contributed by atoms with Gasteiger partial charge in [-0.25, -0.2) is 9.97 Å². The van der Waals surface area contributed by atoms with Crippen LogP contribution in [0.25, 0.3) is 32.9 Å². The van der Waals surface area contributed by atoms with Crippen LogP contribution in [0, 0.1) is 25.2 Å². The molecular weight excluding hydrogens is 474 g/mol. The highest BCUT2D eigenvalue weighted by molar-refractivity contribution is 7.21. The first kappa shape index (κ1) is 23.0. The van der Waals surface area contributed by atoms with Crippen LogP contribution in [-0.4, -0.2) is 37.9 Å². The summed E-state index contributed by atoms with van der Waals surface area (Å²) in [5.41, 5.74) is 5.86. The van der Waals surface area contributed by atoms with Gasteiger partial charge >= 0.3 is 0 Å². The summed E-state index contributed by atoms with van der Waals surface area (Å²) in [7, 11) is 1.57. The predicted molar refractivity (Wildman–Crippen MR) is 137 cm³/mol. The van der Waals surface area contributed by atoms with E-state index in [2.05, 4.69) is 36.3 Å². The minimum absolute atomic E-state index is 0.361. The Kier molecular flexibility index (Phi) is 6.06. The van der Waals surface area contributed by atoms with Gasteiger partial charge < -0.3 is 4.74 Å². The lowest BCUT2D eigenvalue weighted by Crippen LogP contribution is -2.14. The van der Waals surface area contributed by atoms with Crippen molar-refractivity contribution >= 4 is 32.9 Å². The number of carbonyl (C=O) groups excluding carboxylic acids is 1. The molecule has 0 spiro atoms. The normalized spacial score (nSPS) is 10.7. The van der Waals surface area contributed by atoms with Crippen molar-refractivity contribution in [2.24, 2.45) is 0 Å². The van der Waals surface area contributed by atoms with Gasteiger partial charge in [0.1, 0.15) is 5.75 Å². The van der Waals surface area contributed by atoms with E-state index in [1.807, 2.05) is 38.1 Å². The molecule has 0 atom stereocenters. The van der Waals surface area contributed by atoms with E-state index in [0.717, 1.165) is 22.5 Å². The smallest absolute Gasteiger partial charge is 0.259 e. The largest absolute Gasteiger partial charge is 0.494 e. The Hall–Kier alpha value is -4.75. The maximum absolute atomic E-state index is 13.3. The molecule has 1 N–H and O–H groups in total. The molecule has 1 aromatic carbocycles. The maximum atomic E-state index is 13.3. The van der Waals surface area contributed by atoms with Gasteiger partial charge in [0.05, 0.1) is 42.4 Å². The zero-order valence-electron chi connectivity index (χ0n) is 19.6. The maximum Gasteiger partial charge on any atom is 0.259 e. The Labute approximate surface area is 210 Å². The minimum atomic E-state index is -0.361. The van der Waals surface area contributed by atoms with E-state index in [1.165, 1.54) is 11.3 Å². The van der Waals surface area contributed by atoms with Gasteiger partial charge in [-0.15, -0.1) is 0 Å². The molecule has 0 aliphatic carbocycles. The van der Waals surface area contributed by atoms with Gasteiger partial charge in [-0.1, -0.05) is 23.5 Å². The number of thiazole rings is 1. The number of nitrogens with one attached hydrogen (secondary N) is 1. The monoisotopic (exact) mass is 493 g/mol. The van der Waals surface area contributed by atoms with Gasteiger partial charge in [0.25, 0.3) is 5.91 Å². The van der Waals surface area contributed by atoms with Crippen LogP contribution >= 0.6 is 11.3 Å². The topological polar surface area (TPSA) is 127 Å². The van der Waals surface area contributed by atoms with Crippen molar-refractivity contribution in [2.45, 2.75) is 13.8 Å². The molecule has 1 amide bonds. The predicted octanol–water partition coefficient (Wildman–Crippen LogP) is 4.96. The quantitative estimate of drug-likeness (QED) is 0.364. The van der Waals surface area contributed by atoms with Crippen molar-refractivity contribution in [3.63, 3.8) is 0 Å². The summed E-state index contributed by atoms with van der Waals surface area (Å²) in [5, 5.41) is 12.2. The van der Waals surface area contributed by atoms with Crippen molar-refractivity contribution in [2.75, 3.05) is 12.4 Å². The molecule has 0 saturated heterocycles. The number of aryl methyl sites for hydroxylation is 2. The van der Waals surface area contributed by atoms with E-state index in [4.69, 9.17) is 10.00 Å². The Morgan fingerprint density at radius 1 is 0.972 bits per heavy atom. The first-order valence-electron chi connectivity index (χ1n) is 10.9. The number of nitrogens with zero attached hydrogens (tertiary/aromatic N) is 6. The number of anilines is 1. The number of ether oxygens (including phenoxy) is 1. The SMILES string of the molecule is COc1cnc(C)cc1-c1cc(C)ncc1C(=O)Nc1nc2ncc(-c3ccc(C#N)cc3)nc2s1. The molecule has 0 fully saturated rings. The lowest BCUT2D eigenvalue weighted by molar-refractivity contribution is 0.102. The minimum Gasteiger partial charge on any atom is -0.494 e. The third kappa shape index (κ3) is 4.47. The summed E-state index contributed by atoms with van der Waals surface area (Å²) >= 11 is 1.23. The van der Waals surface area contributed by atoms with Crippen LogP contribution in [0.2, 0.25) is 0 Å². The molecule has 4 aromatic heterocycles. The van der Waals surface area contributed by atoms with Gasteiger partial charge in [-0.05, 0) is 38.1 Å². The molecule has 0 aliphatic heterocycles. The number of methoxy groups -OCH3 is 1. The van der Waals surface area contributed by atoms with E-state index in [1.54, 1.807) is 37.8 Å². The average Bonchev–Trinajstić information content (AvgIpc) is 3.30. The van der Waals surface area contributed by atoms with Crippen LogP contribution in [0.3, 0.4) is 0 Å². The van der Waals surface area contributed by atoms with Gasteiger partial charge in [0.15, 0.2) is 15.6 Å². The number of carbonyl (C=O) groups is 1. The van der Waals surface area contributed by atoms with E-state index in [0.29, 0.717) is 43.7 Å². The standard InChI is InChI=1S/C26H19N7O2S/c1-14-8-18(19-9-15(2)29-13-22(19)35-3)20(11-28-14)24(34)33-26-32-23-25(36-26)31-21(12-30-23)17-6-4-16(10-27)5-7-17/h4-9,11-13H,1-3H3,(H,30,32,33,34). The number of aromatic nitrogens is 5. The van der Waals surface area contributed by atoms with Crippen LogP contribution in [0.5, 0.6) is 5.75 Å². The first-order chi connectivity index (χ1) is 17.4. The molecule has 9 nitrogen and oxygen atoms in total. The Morgan fingerprint density at radius 3 is 2.42 bits per heavy atom. The number of nitriles is 1. The third-order valence-corrected chi connectivity index (χ3v) is 6.31. The molecule has 5 aromatic rings. The highest BCUT2D eigenvalue weighted by Crippen LogP contribution is 2.33. The second-order valence-electron chi connectivity index (χ2n) is 7.94. The summed E-state index contributed by atoms with van der Waals surface area (Å²) in [5.74, 6) is 0.198. The van der Waals surface area contributed by atoms with E-state index in [9.17, 15) is 4.79 Å². The highest BCUT2D eigenvalue weighted by Gasteiger charge is 2.19. The number of rotatable bonds is 5. The van der Waals surface area contributed by atoms with Gasteiger partial charge in [-0.2, -0.15) is 10.2 Å². The zero-order valence-corrected chi connectivity index (χ0v) is 20.4. The third-order valence-electron chi connectivity index (χ3n) is 5.45. The lowest BCUT2D eigenvalue weighted by atomic mass is 9.99. The van der Waals surface area contributed by atoms with Gasteiger partial charge in [-0.3, -0.25) is 20.1 Å². The molecule has 0 saturated carbocycles.